The van der Waals surface area contributed by atoms with Crippen LogP contribution in [0.1, 0.15) is 40.7 Å². The molecule has 1 amide bonds. The number of carbonyl (C=O) groups excluding carboxylic acids is 1. The quantitative estimate of drug-likeness (QED) is 0.859. The second kappa shape index (κ2) is 7.40. The maximum absolute atomic E-state index is 12.6. The normalized spacial score (nSPS) is 18.0. The summed E-state index contributed by atoms with van der Waals surface area (Å²) in [4.78, 5) is 18.6. The standard InChI is InChI=1S/C20H24N2O/c1-16-5-2-3-7-18(16)9-8-17-6-4-14-22(15-17)20(23)19-10-12-21-13-11-19/h2-3,5,7,10-13,17H,4,6,8-9,14-15H2,1H3. The molecule has 2 heterocycles. The van der Waals surface area contributed by atoms with Crippen LogP contribution in [0.5, 0.6) is 0 Å². The van der Waals surface area contributed by atoms with E-state index in [4.69, 9.17) is 0 Å². The predicted octanol–water partition coefficient (Wildman–Crippen LogP) is 3.88. The fourth-order valence-corrected chi connectivity index (χ4v) is 3.41. The van der Waals surface area contributed by atoms with Crippen molar-refractivity contribution in [1.29, 1.82) is 0 Å². The zero-order chi connectivity index (χ0) is 16.1. The van der Waals surface area contributed by atoms with Crippen molar-refractivity contribution < 1.29 is 4.79 Å². The molecule has 2 aromatic rings. The minimum absolute atomic E-state index is 0.146. The first-order chi connectivity index (χ1) is 11.2. The summed E-state index contributed by atoms with van der Waals surface area (Å²) in [7, 11) is 0. The van der Waals surface area contributed by atoms with Crippen molar-refractivity contribution in [2.45, 2.75) is 32.6 Å². The predicted molar refractivity (Wildman–Crippen MR) is 92.4 cm³/mol. The van der Waals surface area contributed by atoms with E-state index in [0.717, 1.165) is 37.9 Å². The van der Waals surface area contributed by atoms with Gasteiger partial charge in [0.1, 0.15) is 0 Å². The molecule has 3 heteroatoms. The number of hydrogen-bond acceptors (Lipinski definition) is 2. The first-order valence-corrected chi connectivity index (χ1v) is 8.48. The number of carbonyl (C=O) groups is 1. The van der Waals surface area contributed by atoms with Crippen LogP contribution in [0.15, 0.2) is 48.8 Å². The Hall–Kier alpha value is -2.16. The molecule has 1 aliphatic rings. The van der Waals surface area contributed by atoms with E-state index < -0.39 is 0 Å². The van der Waals surface area contributed by atoms with Gasteiger partial charge in [0, 0.05) is 31.0 Å². The highest BCUT2D eigenvalue weighted by atomic mass is 16.2. The Labute approximate surface area is 138 Å². The summed E-state index contributed by atoms with van der Waals surface area (Å²) in [6.07, 6.45) is 7.97. The number of aryl methyl sites for hydroxylation is 2. The number of rotatable bonds is 4. The van der Waals surface area contributed by atoms with E-state index in [1.807, 2.05) is 4.90 Å². The summed E-state index contributed by atoms with van der Waals surface area (Å²) in [5.74, 6) is 0.752. The third-order valence-electron chi connectivity index (χ3n) is 4.82. The van der Waals surface area contributed by atoms with Crippen molar-refractivity contribution in [3.63, 3.8) is 0 Å². The monoisotopic (exact) mass is 308 g/mol. The molecule has 1 fully saturated rings. The van der Waals surface area contributed by atoms with Crippen molar-refractivity contribution in [2.75, 3.05) is 13.1 Å². The zero-order valence-corrected chi connectivity index (χ0v) is 13.7. The Bertz CT molecular complexity index is 654. The van der Waals surface area contributed by atoms with Crippen LogP contribution >= 0.6 is 0 Å². The van der Waals surface area contributed by atoms with Crippen LogP contribution < -0.4 is 0 Å². The molecule has 3 rings (SSSR count). The second-order valence-corrected chi connectivity index (χ2v) is 6.46. The fourth-order valence-electron chi connectivity index (χ4n) is 3.41. The summed E-state index contributed by atoms with van der Waals surface area (Å²) < 4.78 is 0. The largest absolute Gasteiger partial charge is 0.338 e. The smallest absolute Gasteiger partial charge is 0.253 e. The van der Waals surface area contributed by atoms with Crippen LogP contribution in [-0.4, -0.2) is 28.9 Å². The van der Waals surface area contributed by atoms with Gasteiger partial charge in [0.15, 0.2) is 0 Å². The Morgan fingerprint density at radius 2 is 2.00 bits per heavy atom. The molecule has 0 aliphatic carbocycles. The topological polar surface area (TPSA) is 33.2 Å². The molecule has 0 spiro atoms. The molecule has 1 unspecified atom stereocenters. The Balaban J connectivity index is 1.58. The summed E-state index contributed by atoms with van der Waals surface area (Å²) in [5, 5.41) is 0. The van der Waals surface area contributed by atoms with E-state index >= 15 is 0 Å². The van der Waals surface area contributed by atoms with Crippen molar-refractivity contribution >= 4 is 5.91 Å². The highest BCUT2D eigenvalue weighted by Crippen LogP contribution is 2.23. The fraction of sp³-hybridized carbons (Fsp3) is 0.400. The third kappa shape index (κ3) is 3.98. The van der Waals surface area contributed by atoms with Gasteiger partial charge in [-0.15, -0.1) is 0 Å². The lowest BCUT2D eigenvalue weighted by atomic mass is 9.90. The van der Waals surface area contributed by atoms with Gasteiger partial charge in [-0.1, -0.05) is 24.3 Å². The molecule has 0 saturated carbocycles. The molecule has 0 bridgehead atoms. The molecule has 23 heavy (non-hydrogen) atoms. The summed E-state index contributed by atoms with van der Waals surface area (Å²) in [6, 6.07) is 12.2. The number of amides is 1. The summed E-state index contributed by atoms with van der Waals surface area (Å²) in [6.45, 7) is 3.94. The van der Waals surface area contributed by atoms with Crippen molar-refractivity contribution in [2.24, 2.45) is 5.92 Å². The maximum atomic E-state index is 12.6. The zero-order valence-electron chi connectivity index (χ0n) is 13.7. The highest BCUT2D eigenvalue weighted by molar-refractivity contribution is 5.94. The van der Waals surface area contributed by atoms with Gasteiger partial charge < -0.3 is 4.90 Å². The minimum Gasteiger partial charge on any atom is -0.338 e. The minimum atomic E-state index is 0.146. The molecule has 1 saturated heterocycles. The van der Waals surface area contributed by atoms with Gasteiger partial charge in [-0.2, -0.15) is 0 Å². The molecule has 1 atom stereocenters. The molecule has 1 aromatic heterocycles. The molecule has 1 aliphatic heterocycles. The van der Waals surface area contributed by atoms with Crippen LogP contribution in [0.3, 0.4) is 0 Å². The van der Waals surface area contributed by atoms with Crippen molar-refractivity contribution in [1.82, 2.24) is 9.88 Å². The number of pyridine rings is 1. The van der Waals surface area contributed by atoms with Crippen molar-refractivity contribution in [3.8, 4) is 0 Å². The molecular formula is C20H24N2O. The van der Waals surface area contributed by atoms with Crippen LogP contribution in [0.4, 0.5) is 0 Å². The number of hydrogen-bond donors (Lipinski definition) is 0. The molecular weight excluding hydrogens is 284 g/mol. The van der Waals surface area contributed by atoms with Gasteiger partial charge in [0.25, 0.3) is 5.91 Å². The van der Waals surface area contributed by atoms with Crippen LogP contribution in [0, 0.1) is 12.8 Å². The second-order valence-electron chi connectivity index (χ2n) is 6.46. The number of aromatic nitrogens is 1. The van der Waals surface area contributed by atoms with Crippen LogP contribution in [0.25, 0.3) is 0 Å². The van der Waals surface area contributed by atoms with Crippen molar-refractivity contribution in [3.05, 3.63) is 65.5 Å². The van der Waals surface area contributed by atoms with Gasteiger partial charge in [-0.25, -0.2) is 0 Å². The van der Waals surface area contributed by atoms with Gasteiger partial charge >= 0.3 is 0 Å². The summed E-state index contributed by atoms with van der Waals surface area (Å²) >= 11 is 0. The molecule has 1 aromatic carbocycles. The molecule has 0 N–H and O–H groups in total. The first-order valence-electron chi connectivity index (χ1n) is 8.48. The highest BCUT2D eigenvalue weighted by Gasteiger charge is 2.24. The number of nitrogens with zero attached hydrogens (tertiary/aromatic N) is 2. The molecule has 3 nitrogen and oxygen atoms in total. The van der Waals surface area contributed by atoms with E-state index in [0.29, 0.717) is 5.92 Å². The van der Waals surface area contributed by atoms with E-state index in [1.54, 1.807) is 24.5 Å². The van der Waals surface area contributed by atoms with Crippen LogP contribution in [0.2, 0.25) is 0 Å². The lowest BCUT2D eigenvalue weighted by molar-refractivity contribution is 0.0668. The maximum Gasteiger partial charge on any atom is 0.253 e. The average Bonchev–Trinajstić information content (AvgIpc) is 2.61. The lowest BCUT2D eigenvalue weighted by Crippen LogP contribution is -2.40. The number of benzene rings is 1. The SMILES string of the molecule is Cc1ccccc1CCC1CCCN(C(=O)c2ccncc2)C1. The molecule has 0 radical (unpaired) electrons. The van der Waals surface area contributed by atoms with Gasteiger partial charge in [-0.3, -0.25) is 9.78 Å². The Kier molecular flexibility index (Phi) is 5.06. The Morgan fingerprint density at radius 3 is 2.78 bits per heavy atom. The number of piperidine rings is 1. The Morgan fingerprint density at radius 1 is 1.22 bits per heavy atom. The van der Waals surface area contributed by atoms with Crippen LogP contribution in [-0.2, 0) is 6.42 Å². The first kappa shape index (κ1) is 15.7. The van der Waals surface area contributed by atoms with Gasteiger partial charge in [-0.05, 0) is 61.8 Å². The van der Waals surface area contributed by atoms with E-state index in [9.17, 15) is 4.79 Å². The average molecular weight is 308 g/mol. The van der Waals surface area contributed by atoms with E-state index in [2.05, 4.69) is 36.2 Å². The summed E-state index contributed by atoms with van der Waals surface area (Å²) in [5.41, 5.74) is 3.55. The van der Waals surface area contributed by atoms with E-state index in [1.165, 1.54) is 17.5 Å². The lowest BCUT2D eigenvalue weighted by Gasteiger charge is -2.33. The van der Waals surface area contributed by atoms with Gasteiger partial charge in [0.2, 0.25) is 0 Å². The number of likely N-dealkylation sites (tertiary alicyclic amines) is 1. The third-order valence-corrected chi connectivity index (χ3v) is 4.82. The molecule has 120 valence electrons. The van der Waals surface area contributed by atoms with Gasteiger partial charge in [0.05, 0.1) is 0 Å². The van der Waals surface area contributed by atoms with E-state index in [-0.39, 0.29) is 5.91 Å².